The molecule has 0 unspecified atom stereocenters. The molecule has 0 saturated heterocycles. The number of nitrogens with one attached hydrogen (secondary N) is 2. The van der Waals surface area contributed by atoms with Gasteiger partial charge in [0.1, 0.15) is 0 Å². The van der Waals surface area contributed by atoms with Crippen molar-refractivity contribution >= 4 is 30.7 Å². The van der Waals surface area contributed by atoms with Crippen LogP contribution in [-0.2, 0) is 17.9 Å². The second-order valence-electron chi connectivity index (χ2n) is 4.91. The zero-order valence-corrected chi connectivity index (χ0v) is 15.4. The Kier molecular flexibility index (Phi) is 14.7. The van der Waals surface area contributed by atoms with Gasteiger partial charge in [-0.3, -0.25) is 9.69 Å². The molecule has 1 aromatic rings. The van der Waals surface area contributed by atoms with Crippen LogP contribution in [0.5, 0.6) is 0 Å². The molecule has 1 amide bonds. The topological polar surface area (TPSA) is 44.4 Å². The summed E-state index contributed by atoms with van der Waals surface area (Å²) in [6.07, 6.45) is 0.523. The molecule has 0 atom stereocenters. The van der Waals surface area contributed by atoms with E-state index in [9.17, 15) is 4.79 Å². The number of carbonyl (C=O) groups is 1. The maximum Gasteiger partial charge on any atom is 0.221 e. The van der Waals surface area contributed by atoms with Crippen LogP contribution < -0.4 is 10.6 Å². The Morgan fingerprint density at radius 1 is 1.14 bits per heavy atom. The summed E-state index contributed by atoms with van der Waals surface area (Å²) < 4.78 is 0. The molecule has 2 N–H and O–H groups in total. The van der Waals surface area contributed by atoms with Crippen LogP contribution in [-0.4, -0.2) is 37.5 Å². The van der Waals surface area contributed by atoms with E-state index in [-0.39, 0.29) is 30.7 Å². The highest BCUT2D eigenvalue weighted by molar-refractivity contribution is 5.85. The van der Waals surface area contributed by atoms with Gasteiger partial charge in [0, 0.05) is 26.1 Å². The Hall–Kier alpha value is -0.810. The van der Waals surface area contributed by atoms with Gasteiger partial charge in [-0.15, -0.1) is 24.8 Å². The van der Waals surface area contributed by atoms with Crippen LogP contribution in [0, 0.1) is 0 Å². The Balaban J connectivity index is 0. The number of amides is 1. The summed E-state index contributed by atoms with van der Waals surface area (Å²) in [5.74, 6) is 0.0912. The third-order valence-electron chi connectivity index (χ3n) is 3.38. The van der Waals surface area contributed by atoms with Crippen LogP contribution in [0.2, 0.25) is 0 Å². The molecule has 6 heteroatoms. The lowest BCUT2D eigenvalue weighted by molar-refractivity contribution is -0.121. The fourth-order valence-corrected chi connectivity index (χ4v) is 2.07. The van der Waals surface area contributed by atoms with Crippen molar-refractivity contribution in [3.05, 3.63) is 35.4 Å². The molecular weight excluding hydrogens is 321 g/mol. The predicted molar refractivity (Wildman–Crippen MR) is 98.0 cm³/mol. The molecule has 0 heterocycles. The Labute approximate surface area is 146 Å². The van der Waals surface area contributed by atoms with Crippen molar-refractivity contribution in [1.29, 1.82) is 0 Å². The summed E-state index contributed by atoms with van der Waals surface area (Å²) in [5.41, 5.74) is 2.46. The Morgan fingerprint density at radius 3 is 2.36 bits per heavy atom. The third-order valence-corrected chi connectivity index (χ3v) is 3.38. The summed E-state index contributed by atoms with van der Waals surface area (Å²) in [5, 5.41) is 5.92. The van der Waals surface area contributed by atoms with Crippen LogP contribution in [0.3, 0.4) is 0 Å². The minimum absolute atomic E-state index is 0. The zero-order chi connectivity index (χ0) is 14.8. The lowest BCUT2D eigenvalue weighted by atomic mass is 10.1. The van der Waals surface area contributed by atoms with E-state index in [4.69, 9.17) is 0 Å². The van der Waals surface area contributed by atoms with E-state index in [1.54, 1.807) is 0 Å². The molecule has 0 aliphatic heterocycles. The molecule has 0 saturated carbocycles. The van der Waals surface area contributed by atoms with E-state index in [1.807, 2.05) is 7.05 Å². The number of hydrogen-bond donors (Lipinski definition) is 2. The molecule has 0 bridgehead atoms. The highest BCUT2D eigenvalue weighted by Crippen LogP contribution is 2.08. The molecule has 0 spiro atoms. The zero-order valence-electron chi connectivity index (χ0n) is 13.7. The van der Waals surface area contributed by atoms with Crippen molar-refractivity contribution in [2.24, 2.45) is 0 Å². The van der Waals surface area contributed by atoms with Gasteiger partial charge in [0.25, 0.3) is 0 Å². The lowest BCUT2D eigenvalue weighted by Crippen LogP contribution is -2.26. The summed E-state index contributed by atoms with van der Waals surface area (Å²) in [4.78, 5) is 14.0. The van der Waals surface area contributed by atoms with E-state index in [0.29, 0.717) is 19.5 Å². The van der Waals surface area contributed by atoms with Crippen LogP contribution in [0.4, 0.5) is 0 Å². The highest BCUT2D eigenvalue weighted by atomic mass is 35.5. The van der Waals surface area contributed by atoms with Gasteiger partial charge in [0.15, 0.2) is 0 Å². The first-order valence-corrected chi connectivity index (χ1v) is 7.41. The molecule has 128 valence electrons. The molecular formula is C16H29Cl2N3O. The summed E-state index contributed by atoms with van der Waals surface area (Å²) >= 11 is 0. The van der Waals surface area contributed by atoms with E-state index in [0.717, 1.165) is 25.2 Å². The van der Waals surface area contributed by atoms with Gasteiger partial charge >= 0.3 is 0 Å². The lowest BCUT2D eigenvalue weighted by Gasteiger charge is -2.18. The van der Waals surface area contributed by atoms with E-state index in [1.165, 1.54) is 5.56 Å². The molecule has 1 aromatic carbocycles. The van der Waals surface area contributed by atoms with Gasteiger partial charge in [-0.2, -0.15) is 0 Å². The van der Waals surface area contributed by atoms with E-state index < -0.39 is 0 Å². The SMILES string of the molecule is CCN(CC)Cc1cccc(CNC(=O)CCNC)c1.Cl.Cl. The Bertz CT molecular complexity index is 412. The average molecular weight is 350 g/mol. The largest absolute Gasteiger partial charge is 0.352 e. The molecule has 4 nitrogen and oxygen atoms in total. The molecule has 22 heavy (non-hydrogen) atoms. The fourth-order valence-electron chi connectivity index (χ4n) is 2.07. The van der Waals surface area contributed by atoms with Gasteiger partial charge in [0.05, 0.1) is 0 Å². The van der Waals surface area contributed by atoms with Gasteiger partial charge in [-0.05, 0) is 31.3 Å². The second-order valence-corrected chi connectivity index (χ2v) is 4.91. The first kappa shape index (κ1) is 23.5. The average Bonchev–Trinajstić information content (AvgIpc) is 2.49. The first-order chi connectivity index (χ1) is 9.69. The molecule has 0 aliphatic rings. The number of halogens is 2. The number of nitrogens with zero attached hydrogens (tertiary/aromatic N) is 1. The van der Waals surface area contributed by atoms with E-state index in [2.05, 4.69) is 53.6 Å². The minimum Gasteiger partial charge on any atom is -0.352 e. The standard InChI is InChI=1S/C16H27N3O.2ClH/c1-4-19(5-2)13-15-8-6-7-14(11-15)12-18-16(20)9-10-17-3;;/h6-8,11,17H,4-5,9-10,12-13H2,1-3H3,(H,18,20);2*1H. The number of hydrogen-bond acceptors (Lipinski definition) is 3. The molecule has 0 aromatic heterocycles. The van der Waals surface area contributed by atoms with Gasteiger partial charge < -0.3 is 10.6 Å². The van der Waals surface area contributed by atoms with Crippen molar-refractivity contribution in [2.45, 2.75) is 33.4 Å². The van der Waals surface area contributed by atoms with Crippen molar-refractivity contribution in [2.75, 3.05) is 26.7 Å². The van der Waals surface area contributed by atoms with Gasteiger partial charge in [0.2, 0.25) is 5.91 Å². The molecule has 0 aliphatic carbocycles. The Morgan fingerprint density at radius 2 is 1.77 bits per heavy atom. The van der Waals surface area contributed by atoms with Gasteiger partial charge in [-0.25, -0.2) is 0 Å². The third kappa shape index (κ3) is 9.26. The fraction of sp³-hybridized carbons (Fsp3) is 0.562. The van der Waals surface area contributed by atoms with Crippen LogP contribution in [0.15, 0.2) is 24.3 Å². The predicted octanol–water partition coefficient (Wildman–Crippen LogP) is 2.60. The smallest absolute Gasteiger partial charge is 0.221 e. The van der Waals surface area contributed by atoms with Crippen LogP contribution in [0.1, 0.15) is 31.4 Å². The number of rotatable bonds is 9. The monoisotopic (exact) mass is 349 g/mol. The quantitative estimate of drug-likeness (QED) is 0.720. The molecule has 0 radical (unpaired) electrons. The van der Waals surface area contributed by atoms with E-state index >= 15 is 0 Å². The van der Waals surface area contributed by atoms with Gasteiger partial charge in [-0.1, -0.05) is 38.1 Å². The number of carbonyl (C=O) groups excluding carboxylic acids is 1. The van der Waals surface area contributed by atoms with Crippen molar-refractivity contribution in [3.8, 4) is 0 Å². The molecule has 1 rings (SSSR count). The second kappa shape index (κ2) is 13.8. The summed E-state index contributed by atoms with van der Waals surface area (Å²) in [7, 11) is 1.85. The summed E-state index contributed by atoms with van der Waals surface area (Å²) in [6, 6.07) is 8.44. The van der Waals surface area contributed by atoms with Crippen molar-refractivity contribution < 1.29 is 4.79 Å². The highest BCUT2D eigenvalue weighted by Gasteiger charge is 2.03. The van der Waals surface area contributed by atoms with Crippen LogP contribution in [0.25, 0.3) is 0 Å². The van der Waals surface area contributed by atoms with Crippen LogP contribution >= 0.6 is 24.8 Å². The molecule has 0 fully saturated rings. The maximum atomic E-state index is 11.6. The van der Waals surface area contributed by atoms with Crippen molar-refractivity contribution in [1.82, 2.24) is 15.5 Å². The maximum absolute atomic E-state index is 11.6. The minimum atomic E-state index is 0. The first-order valence-electron chi connectivity index (χ1n) is 7.41. The summed E-state index contributed by atoms with van der Waals surface area (Å²) in [6.45, 7) is 8.75. The van der Waals surface area contributed by atoms with Crippen molar-refractivity contribution in [3.63, 3.8) is 0 Å². The normalized spacial score (nSPS) is 9.82. The number of benzene rings is 1.